The number of hydrogen-bond donors (Lipinski definition) is 0. The Labute approximate surface area is 126 Å². The van der Waals surface area contributed by atoms with Crippen LogP contribution in [0.3, 0.4) is 0 Å². The average Bonchev–Trinajstić information content (AvgIpc) is 2.84. The SMILES string of the molecule is COCCN1C[C@H]2CC[C@@H]1CN(c1ccc(C#N)cn1)C2. The third kappa shape index (κ3) is 3.17. The van der Waals surface area contributed by atoms with Crippen LogP contribution < -0.4 is 4.90 Å². The number of nitriles is 1. The third-order valence-electron chi connectivity index (χ3n) is 4.61. The monoisotopic (exact) mass is 286 g/mol. The van der Waals surface area contributed by atoms with Crippen molar-refractivity contribution in [2.24, 2.45) is 5.92 Å². The lowest BCUT2D eigenvalue weighted by molar-refractivity contribution is 0.0889. The molecule has 5 heteroatoms. The fraction of sp³-hybridized carbons (Fsp3) is 0.625. The molecule has 3 aliphatic rings. The van der Waals surface area contributed by atoms with Gasteiger partial charge in [0.1, 0.15) is 11.9 Å². The predicted molar refractivity (Wildman–Crippen MR) is 81.1 cm³/mol. The van der Waals surface area contributed by atoms with Crippen molar-refractivity contribution < 1.29 is 4.74 Å². The second-order valence-corrected chi connectivity index (χ2v) is 6.01. The van der Waals surface area contributed by atoms with Crippen molar-refractivity contribution in [3.8, 4) is 6.07 Å². The quantitative estimate of drug-likeness (QED) is 0.839. The number of methoxy groups -OCH3 is 1. The Bertz CT molecular complexity index is 510. The molecule has 2 atom stereocenters. The zero-order chi connectivity index (χ0) is 14.7. The van der Waals surface area contributed by atoms with E-state index in [0.717, 1.165) is 32.1 Å². The highest BCUT2D eigenvalue weighted by molar-refractivity contribution is 5.42. The van der Waals surface area contributed by atoms with Crippen molar-refractivity contribution in [2.45, 2.75) is 18.9 Å². The van der Waals surface area contributed by atoms with Crippen LogP contribution in [0, 0.1) is 17.2 Å². The van der Waals surface area contributed by atoms with Crippen LogP contribution in [0.25, 0.3) is 0 Å². The molecule has 3 aliphatic heterocycles. The number of hydrogen-bond acceptors (Lipinski definition) is 5. The molecule has 4 heterocycles. The minimum absolute atomic E-state index is 0.594. The van der Waals surface area contributed by atoms with Gasteiger partial charge in [-0.1, -0.05) is 0 Å². The number of aromatic nitrogens is 1. The van der Waals surface area contributed by atoms with E-state index in [-0.39, 0.29) is 0 Å². The first-order chi connectivity index (χ1) is 10.3. The standard InChI is InChI=1S/C16H22N4O/c1-21-7-6-19-10-14-2-4-15(19)12-20(11-14)16-5-3-13(8-17)9-18-16/h3,5,9,14-15H,2,4,6-7,10-12H2,1H3/t14-,15-/m1/s1. The Morgan fingerprint density at radius 3 is 2.95 bits per heavy atom. The van der Waals surface area contributed by atoms with E-state index in [4.69, 9.17) is 10.00 Å². The summed E-state index contributed by atoms with van der Waals surface area (Å²) in [4.78, 5) is 9.41. The highest BCUT2D eigenvalue weighted by Gasteiger charge is 2.34. The van der Waals surface area contributed by atoms with E-state index in [0.29, 0.717) is 17.5 Å². The first-order valence-electron chi connectivity index (χ1n) is 7.64. The van der Waals surface area contributed by atoms with Crippen molar-refractivity contribution in [2.75, 3.05) is 44.8 Å². The second kappa shape index (κ2) is 6.42. The molecule has 112 valence electrons. The molecule has 2 bridgehead atoms. The van der Waals surface area contributed by atoms with E-state index in [9.17, 15) is 0 Å². The summed E-state index contributed by atoms with van der Waals surface area (Å²) in [6.45, 7) is 5.09. The average molecular weight is 286 g/mol. The van der Waals surface area contributed by atoms with Crippen LogP contribution >= 0.6 is 0 Å². The van der Waals surface area contributed by atoms with E-state index in [2.05, 4.69) is 20.9 Å². The van der Waals surface area contributed by atoms with Crippen LogP contribution in [0.1, 0.15) is 18.4 Å². The predicted octanol–water partition coefficient (Wildman–Crippen LogP) is 1.50. The number of fused-ring (bicyclic) bond motifs is 4. The van der Waals surface area contributed by atoms with Gasteiger partial charge in [0.15, 0.2) is 0 Å². The topological polar surface area (TPSA) is 52.4 Å². The van der Waals surface area contributed by atoms with Crippen LogP contribution in [0.2, 0.25) is 0 Å². The van der Waals surface area contributed by atoms with Gasteiger partial charge >= 0.3 is 0 Å². The molecule has 0 spiro atoms. The van der Waals surface area contributed by atoms with Crippen molar-refractivity contribution >= 4 is 5.82 Å². The number of piperidine rings is 1. The number of pyridine rings is 1. The maximum atomic E-state index is 8.87. The number of anilines is 1. The summed E-state index contributed by atoms with van der Waals surface area (Å²) in [5, 5.41) is 8.87. The molecule has 3 saturated heterocycles. The molecular weight excluding hydrogens is 264 g/mol. The van der Waals surface area contributed by atoms with Crippen molar-refractivity contribution in [3.63, 3.8) is 0 Å². The molecule has 4 rings (SSSR count). The molecule has 1 aromatic rings. The van der Waals surface area contributed by atoms with Gasteiger partial charge in [-0.05, 0) is 30.9 Å². The first-order valence-corrected chi connectivity index (χ1v) is 7.64. The minimum Gasteiger partial charge on any atom is -0.383 e. The molecule has 5 nitrogen and oxygen atoms in total. The van der Waals surface area contributed by atoms with Crippen LogP contribution in [-0.4, -0.2) is 55.8 Å². The van der Waals surface area contributed by atoms with Crippen molar-refractivity contribution in [1.82, 2.24) is 9.88 Å². The van der Waals surface area contributed by atoms with Crippen LogP contribution in [0.15, 0.2) is 18.3 Å². The molecule has 21 heavy (non-hydrogen) atoms. The number of nitrogens with zero attached hydrogens (tertiary/aromatic N) is 4. The Morgan fingerprint density at radius 1 is 1.33 bits per heavy atom. The van der Waals surface area contributed by atoms with Crippen LogP contribution in [0.5, 0.6) is 0 Å². The highest BCUT2D eigenvalue weighted by Crippen LogP contribution is 2.29. The van der Waals surface area contributed by atoms with Gasteiger partial charge in [0.25, 0.3) is 0 Å². The van der Waals surface area contributed by atoms with Crippen molar-refractivity contribution in [1.29, 1.82) is 5.26 Å². The zero-order valence-electron chi connectivity index (χ0n) is 12.5. The van der Waals surface area contributed by atoms with E-state index < -0.39 is 0 Å². The maximum absolute atomic E-state index is 8.87. The van der Waals surface area contributed by atoms with Gasteiger partial charge in [-0.25, -0.2) is 4.98 Å². The molecule has 1 aromatic heterocycles. The first kappa shape index (κ1) is 14.3. The molecular formula is C16H22N4O. The van der Waals surface area contributed by atoms with Crippen molar-refractivity contribution in [3.05, 3.63) is 23.9 Å². The molecule has 0 unspecified atom stereocenters. The summed E-state index contributed by atoms with van der Waals surface area (Å²) in [6, 6.07) is 6.55. The number of ether oxygens (including phenoxy) is 1. The molecule has 0 radical (unpaired) electrons. The van der Waals surface area contributed by atoms with Gasteiger partial charge < -0.3 is 9.64 Å². The van der Waals surface area contributed by atoms with Gasteiger partial charge in [0, 0.05) is 45.5 Å². The van der Waals surface area contributed by atoms with Gasteiger partial charge in [-0.3, -0.25) is 4.90 Å². The zero-order valence-corrected chi connectivity index (χ0v) is 12.5. The largest absolute Gasteiger partial charge is 0.383 e. The van der Waals surface area contributed by atoms with Crippen LogP contribution in [0.4, 0.5) is 5.82 Å². The van der Waals surface area contributed by atoms with E-state index >= 15 is 0 Å². The summed E-state index contributed by atoms with van der Waals surface area (Å²) in [6.07, 6.45) is 4.24. The lowest BCUT2D eigenvalue weighted by Crippen LogP contribution is -2.45. The summed E-state index contributed by atoms with van der Waals surface area (Å²) in [5.41, 5.74) is 0.623. The Morgan fingerprint density at radius 2 is 2.24 bits per heavy atom. The smallest absolute Gasteiger partial charge is 0.128 e. The molecule has 3 fully saturated rings. The molecule has 0 saturated carbocycles. The van der Waals surface area contributed by atoms with Gasteiger partial charge in [0.05, 0.1) is 12.2 Å². The fourth-order valence-electron chi connectivity index (χ4n) is 3.49. The maximum Gasteiger partial charge on any atom is 0.128 e. The van der Waals surface area contributed by atoms with Gasteiger partial charge in [-0.2, -0.15) is 5.26 Å². The molecule has 0 amide bonds. The number of rotatable bonds is 4. The summed E-state index contributed by atoms with van der Waals surface area (Å²) < 4.78 is 5.23. The third-order valence-corrected chi connectivity index (χ3v) is 4.61. The molecule has 0 aliphatic carbocycles. The minimum atomic E-state index is 0.594. The Balaban J connectivity index is 1.72. The van der Waals surface area contributed by atoms with Gasteiger partial charge in [0.2, 0.25) is 0 Å². The van der Waals surface area contributed by atoms with E-state index in [1.54, 1.807) is 13.3 Å². The summed E-state index contributed by atoms with van der Waals surface area (Å²) >= 11 is 0. The molecule has 0 aromatic carbocycles. The lowest BCUT2D eigenvalue weighted by Gasteiger charge is -2.35. The highest BCUT2D eigenvalue weighted by atomic mass is 16.5. The Hall–Kier alpha value is -1.64. The fourth-order valence-corrected chi connectivity index (χ4v) is 3.49. The van der Waals surface area contributed by atoms with Gasteiger partial charge in [-0.15, -0.1) is 0 Å². The normalized spacial score (nSPS) is 25.6. The van der Waals surface area contributed by atoms with E-state index in [1.165, 1.54) is 19.4 Å². The summed E-state index contributed by atoms with van der Waals surface area (Å²) in [5.74, 6) is 1.71. The molecule has 0 N–H and O–H groups in total. The lowest BCUT2D eigenvalue weighted by atomic mass is 9.95. The van der Waals surface area contributed by atoms with Crippen LogP contribution in [-0.2, 0) is 4.74 Å². The second-order valence-electron chi connectivity index (χ2n) is 6.01. The summed E-state index contributed by atoms with van der Waals surface area (Å²) in [7, 11) is 1.77. The van der Waals surface area contributed by atoms with E-state index in [1.807, 2.05) is 12.1 Å². The Kier molecular flexibility index (Phi) is 4.37.